The van der Waals surface area contributed by atoms with Crippen molar-refractivity contribution in [3.63, 3.8) is 0 Å². The topological polar surface area (TPSA) is 171 Å². The van der Waals surface area contributed by atoms with Crippen LogP contribution in [0.3, 0.4) is 0 Å². The van der Waals surface area contributed by atoms with E-state index in [9.17, 15) is 24.9 Å². The third-order valence-corrected chi connectivity index (χ3v) is 10.0. The van der Waals surface area contributed by atoms with Gasteiger partial charge < -0.3 is 29.5 Å². The van der Waals surface area contributed by atoms with Gasteiger partial charge in [0.1, 0.15) is 45.6 Å². The van der Waals surface area contributed by atoms with E-state index in [2.05, 4.69) is 10.1 Å². The molecule has 4 heterocycles. The summed E-state index contributed by atoms with van der Waals surface area (Å²) in [4.78, 5) is 36.4. The molecule has 8 rings (SSSR count). The number of ether oxygens (including phenoxy) is 3. The first-order chi connectivity index (χ1) is 25.0. The Labute approximate surface area is 296 Å². The summed E-state index contributed by atoms with van der Waals surface area (Å²) in [5.74, 6) is 0.214. The smallest absolute Gasteiger partial charge is 0.352 e. The summed E-state index contributed by atoms with van der Waals surface area (Å²) in [6.07, 6.45) is 2.17. The molecule has 3 aromatic heterocycles. The van der Waals surface area contributed by atoms with E-state index in [0.717, 1.165) is 5.56 Å². The zero-order valence-corrected chi connectivity index (χ0v) is 28.9. The standard InChI is InChI=1S/C39H33N5O8/c1-19-32(45)30(26-15-14-25-36(40-26)43(38(49)41-37(25)48)17-16-21-6-10-23(50-4)11-7-21)34-31(33(19)46)39(3)28(52-34)18-27-29(35(39)47)20(2)42-44(27)22-8-12-24(51-5)13-9-22/h6-15,18,45-46H,16-17H2,1-5H3,(H,41,48,49). The number of phenols is 2. The molecule has 0 amide bonds. The summed E-state index contributed by atoms with van der Waals surface area (Å²) < 4.78 is 20.0. The summed E-state index contributed by atoms with van der Waals surface area (Å²) in [6.45, 7) is 5.14. The fourth-order valence-electron chi connectivity index (χ4n) is 7.12. The van der Waals surface area contributed by atoms with Gasteiger partial charge in [0.25, 0.3) is 0 Å². The highest BCUT2D eigenvalue weighted by molar-refractivity contribution is 6.14. The second kappa shape index (κ2) is 11.7. The van der Waals surface area contributed by atoms with Crippen molar-refractivity contribution in [1.29, 1.82) is 0 Å². The first-order valence-corrected chi connectivity index (χ1v) is 16.5. The summed E-state index contributed by atoms with van der Waals surface area (Å²) >= 11 is 0. The molecule has 13 nitrogen and oxygen atoms in total. The van der Waals surface area contributed by atoms with Gasteiger partial charge >= 0.3 is 5.69 Å². The number of rotatable bonds is 7. The van der Waals surface area contributed by atoms with Crippen LogP contribution in [0.1, 0.15) is 45.4 Å². The molecule has 3 aromatic carbocycles. The number of allylic oxidation sites excluding steroid dienone is 1. The zero-order chi connectivity index (χ0) is 36.6. The van der Waals surface area contributed by atoms with Gasteiger partial charge in [-0.25, -0.2) is 14.5 Å². The average molecular weight is 700 g/mol. The maximum Gasteiger partial charge on any atom is 0.352 e. The fraction of sp³-hybridized carbons (Fsp3) is 0.205. The second-order valence-electron chi connectivity index (χ2n) is 13.0. The van der Waals surface area contributed by atoms with Crippen molar-refractivity contribution in [3.05, 3.63) is 111 Å². The number of pyridine rings is 1. The molecule has 0 spiro atoms. The Balaban J connectivity index is 1.27. The molecule has 0 radical (unpaired) electrons. The maximum atomic E-state index is 14.6. The van der Waals surface area contributed by atoms with E-state index in [1.54, 1.807) is 63.1 Å². The number of aromatic hydroxyl groups is 3. The van der Waals surface area contributed by atoms with Crippen LogP contribution >= 0.6 is 0 Å². The lowest BCUT2D eigenvalue weighted by molar-refractivity contribution is 0.0905. The zero-order valence-electron chi connectivity index (χ0n) is 28.9. The maximum absolute atomic E-state index is 14.6. The van der Waals surface area contributed by atoms with Crippen molar-refractivity contribution in [2.24, 2.45) is 0 Å². The number of carbonyl (C=O) groups excluding carboxylic acids is 1. The molecular weight excluding hydrogens is 666 g/mol. The van der Waals surface area contributed by atoms with Crippen LogP contribution in [0.4, 0.5) is 0 Å². The molecule has 2 aliphatic rings. The number of methoxy groups -OCH3 is 2. The highest BCUT2D eigenvalue weighted by Gasteiger charge is 2.55. The van der Waals surface area contributed by atoms with Gasteiger partial charge in [-0.2, -0.15) is 10.1 Å². The van der Waals surface area contributed by atoms with Gasteiger partial charge in [0, 0.05) is 18.2 Å². The molecule has 52 heavy (non-hydrogen) atoms. The van der Waals surface area contributed by atoms with Crippen LogP contribution in [0.15, 0.2) is 71.2 Å². The quantitative estimate of drug-likeness (QED) is 0.192. The molecule has 6 aromatic rings. The Hall–Kier alpha value is -6.63. The third-order valence-electron chi connectivity index (χ3n) is 10.0. The highest BCUT2D eigenvalue weighted by Crippen LogP contribution is 2.60. The number of Topliss-reactive ketones (excluding diaryl/α,β-unsaturated/α-hetero) is 1. The summed E-state index contributed by atoms with van der Waals surface area (Å²) in [7, 11) is 3.16. The van der Waals surface area contributed by atoms with Crippen LogP contribution in [0, 0.1) is 13.8 Å². The van der Waals surface area contributed by atoms with Gasteiger partial charge in [-0.3, -0.25) is 9.36 Å². The van der Waals surface area contributed by atoms with E-state index in [1.807, 2.05) is 36.4 Å². The molecule has 3 N–H and O–H groups in total. The predicted octanol–water partition coefficient (Wildman–Crippen LogP) is 5.53. The van der Waals surface area contributed by atoms with Crippen molar-refractivity contribution < 1.29 is 34.3 Å². The molecule has 0 saturated heterocycles. The van der Waals surface area contributed by atoms with Crippen molar-refractivity contribution in [2.75, 3.05) is 14.2 Å². The molecule has 1 aliphatic heterocycles. The Morgan fingerprint density at radius 2 is 1.52 bits per heavy atom. The van der Waals surface area contributed by atoms with Crippen LogP contribution in [0.5, 0.6) is 34.6 Å². The van der Waals surface area contributed by atoms with Crippen LogP contribution in [-0.2, 0) is 18.4 Å². The van der Waals surface area contributed by atoms with Crippen LogP contribution in [0.2, 0.25) is 0 Å². The molecular formula is C39H33N5O8. The van der Waals surface area contributed by atoms with Crippen molar-refractivity contribution in [3.8, 4) is 51.6 Å². The van der Waals surface area contributed by atoms with Crippen molar-refractivity contribution in [1.82, 2.24) is 24.3 Å². The number of benzene rings is 3. The van der Waals surface area contributed by atoms with E-state index in [0.29, 0.717) is 40.6 Å². The number of nitrogens with zero attached hydrogens (tertiary/aromatic N) is 5. The molecule has 0 saturated carbocycles. The Bertz CT molecular complexity index is 2570. The number of aromatic nitrogens is 5. The lowest BCUT2D eigenvalue weighted by Crippen LogP contribution is -2.36. The Morgan fingerprint density at radius 3 is 2.19 bits per heavy atom. The summed E-state index contributed by atoms with van der Waals surface area (Å²) in [6, 6.07) is 17.8. The van der Waals surface area contributed by atoms with E-state index in [4.69, 9.17) is 19.2 Å². The number of hydrogen-bond donors (Lipinski definition) is 3. The van der Waals surface area contributed by atoms with Crippen molar-refractivity contribution in [2.45, 2.75) is 39.2 Å². The largest absolute Gasteiger partial charge is 0.507 e. The Morgan fingerprint density at radius 1 is 0.846 bits per heavy atom. The highest BCUT2D eigenvalue weighted by atomic mass is 16.5. The summed E-state index contributed by atoms with van der Waals surface area (Å²) in [5.41, 5.74) is 1.52. The predicted molar refractivity (Wildman–Crippen MR) is 191 cm³/mol. The second-order valence-corrected chi connectivity index (χ2v) is 13.0. The lowest BCUT2D eigenvalue weighted by Gasteiger charge is -2.27. The molecule has 262 valence electrons. The van der Waals surface area contributed by atoms with E-state index < -0.39 is 17.0 Å². The first-order valence-electron chi connectivity index (χ1n) is 16.5. The number of phenolic OH excluding ortho intramolecular Hbond substituents is 2. The van der Waals surface area contributed by atoms with E-state index in [-0.39, 0.29) is 68.8 Å². The van der Waals surface area contributed by atoms with Gasteiger partial charge in [0.15, 0.2) is 5.78 Å². The van der Waals surface area contributed by atoms with Gasteiger partial charge in [-0.1, -0.05) is 12.1 Å². The summed E-state index contributed by atoms with van der Waals surface area (Å²) in [5, 5.41) is 38.7. The minimum absolute atomic E-state index is 0.0479. The van der Waals surface area contributed by atoms with Crippen LogP contribution < -0.4 is 19.9 Å². The third kappa shape index (κ3) is 4.65. The number of fused-ring (bicyclic) bond motifs is 5. The lowest BCUT2D eigenvalue weighted by atomic mass is 9.71. The van der Waals surface area contributed by atoms with Crippen molar-refractivity contribution >= 4 is 22.9 Å². The molecule has 0 bridgehead atoms. The minimum atomic E-state index is -1.47. The average Bonchev–Trinajstić information content (AvgIpc) is 3.64. The number of carbonyl (C=O) groups is 1. The van der Waals surface area contributed by atoms with Gasteiger partial charge in [0.05, 0.1) is 59.1 Å². The van der Waals surface area contributed by atoms with E-state index in [1.165, 1.54) is 11.5 Å². The molecule has 1 aliphatic carbocycles. The first kappa shape index (κ1) is 32.6. The normalized spacial score (nSPS) is 15.9. The van der Waals surface area contributed by atoms with Crippen LogP contribution in [0.25, 0.3) is 34.1 Å². The number of hydrogen-bond acceptors (Lipinski definition) is 11. The number of ketones is 1. The monoisotopic (exact) mass is 699 g/mol. The number of aryl methyl sites for hydroxylation is 3. The molecule has 1 unspecified atom stereocenters. The minimum Gasteiger partial charge on any atom is -0.507 e. The van der Waals surface area contributed by atoms with Gasteiger partial charge in [-0.15, -0.1) is 0 Å². The van der Waals surface area contributed by atoms with Gasteiger partial charge in [-0.05, 0) is 81.3 Å². The Kier molecular flexibility index (Phi) is 7.34. The molecule has 0 fully saturated rings. The molecule has 13 heteroatoms. The van der Waals surface area contributed by atoms with Gasteiger partial charge in [0.2, 0.25) is 5.88 Å². The SMILES string of the molecule is COc1ccc(CCn2c(=O)nc(O)c3ccc(-c4c(O)c(C)c(O)c5c4OC4=Cc6c(c(C)nn6-c6ccc(OC)cc6)C(=O)C45C)nc32)cc1. The van der Waals surface area contributed by atoms with E-state index >= 15 is 0 Å². The molecule has 1 atom stereocenters. The van der Waals surface area contributed by atoms with Crippen LogP contribution in [-0.4, -0.2) is 59.6 Å². The fourth-order valence-corrected chi connectivity index (χ4v) is 7.12.